The van der Waals surface area contributed by atoms with Crippen LogP contribution in [0.3, 0.4) is 0 Å². The molecule has 0 aliphatic heterocycles. The Morgan fingerprint density at radius 2 is 1.81 bits per heavy atom. The van der Waals surface area contributed by atoms with Gasteiger partial charge in [0.1, 0.15) is 0 Å². The summed E-state index contributed by atoms with van der Waals surface area (Å²) in [6.45, 7) is 0. The topological polar surface area (TPSA) is 60.9 Å². The molecule has 0 fully saturated rings. The van der Waals surface area contributed by atoms with E-state index in [-0.39, 0.29) is 5.69 Å². The molecule has 2 N–H and O–H groups in total. The first-order valence-corrected chi connectivity index (χ1v) is 9.45. The van der Waals surface area contributed by atoms with Gasteiger partial charge in [0, 0.05) is 0 Å². The molecule has 1 heterocycles. The standard InChI is InChI=1S/C19H15AsF3N3O/c20-12-5-1-10-2-8-14-16(18(24)27)25-26(17(14)15(10)9-12)13-6-3-11(4-7-13)19(21,22)23/h1,3-7,9H,2,8,20H2,(H2,24,27). The van der Waals surface area contributed by atoms with Crippen LogP contribution in [0.25, 0.3) is 16.9 Å². The molecule has 0 radical (unpaired) electrons. The Morgan fingerprint density at radius 1 is 1.11 bits per heavy atom. The van der Waals surface area contributed by atoms with Gasteiger partial charge in [-0.15, -0.1) is 0 Å². The summed E-state index contributed by atoms with van der Waals surface area (Å²) in [5, 5.41) is 4.35. The maximum atomic E-state index is 12.9. The summed E-state index contributed by atoms with van der Waals surface area (Å²) in [5.74, 6) is -0.641. The number of nitrogens with two attached hydrogens (primary N) is 1. The third-order valence-corrected chi connectivity index (χ3v) is 5.44. The van der Waals surface area contributed by atoms with Gasteiger partial charge in [-0.25, -0.2) is 0 Å². The van der Waals surface area contributed by atoms with Crippen LogP contribution >= 0.6 is 0 Å². The number of nitrogens with zero attached hydrogens (tertiary/aromatic N) is 2. The Hall–Kier alpha value is -2.53. The molecule has 0 spiro atoms. The van der Waals surface area contributed by atoms with Gasteiger partial charge in [-0.1, -0.05) is 0 Å². The Balaban J connectivity index is 1.94. The number of primary amides is 1. The number of carbonyl (C=O) groups excluding carboxylic acids is 1. The van der Waals surface area contributed by atoms with E-state index in [9.17, 15) is 18.0 Å². The number of rotatable bonds is 2. The van der Waals surface area contributed by atoms with Crippen molar-refractivity contribution in [2.75, 3.05) is 0 Å². The van der Waals surface area contributed by atoms with Crippen LogP contribution in [0.5, 0.6) is 0 Å². The molecule has 27 heavy (non-hydrogen) atoms. The first-order valence-electron chi connectivity index (χ1n) is 8.24. The fourth-order valence-electron chi connectivity index (χ4n) is 3.43. The summed E-state index contributed by atoms with van der Waals surface area (Å²) in [5.41, 5.74) is 8.92. The molecule has 1 aliphatic rings. The van der Waals surface area contributed by atoms with Crippen LogP contribution in [-0.4, -0.2) is 32.5 Å². The summed E-state index contributed by atoms with van der Waals surface area (Å²) < 4.78 is 41.2. The van der Waals surface area contributed by atoms with Crippen LogP contribution in [0.15, 0.2) is 42.5 Å². The second kappa shape index (κ2) is 6.27. The minimum absolute atomic E-state index is 0.169. The third-order valence-electron chi connectivity index (χ3n) is 4.69. The molecule has 1 aromatic heterocycles. The zero-order chi connectivity index (χ0) is 19.3. The average molecular weight is 433 g/mol. The summed E-state index contributed by atoms with van der Waals surface area (Å²) in [4.78, 5) is 11.9. The van der Waals surface area contributed by atoms with Gasteiger partial charge in [0.15, 0.2) is 0 Å². The summed E-state index contributed by atoms with van der Waals surface area (Å²) >= 11 is 1.47. The Labute approximate surface area is 161 Å². The number of aromatic nitrogens is 2. The van der Waals surface area contributed by atoms with E-state index in [4.69, 9.17) is 5.73 Å². The third kappa shape index (κ3) is 3.06. The van der Waals surface area contributed by atoms with Crippen LogP contribution in [-0.2, 0) is 19.0 Å². The van der Waals surface area contributed by atoms with Crippen LogP contribution in [0.1, 0.15) is 27.2 Å². The van der Waals surface area contributed by atoms with Gasteiger partial charge in [0.25, 0.3) is 0 Å². The molecular formula is C19H15AsF3N3O. The minimum atomic E-state index is -4.41. The molecule has 1 aliphatic carbocycles. The van der Waals surface area contributed by atoms with E-state index in [1.165, 1.54) is 33.7 Å². The number of alkyl halides is 3. The number of hydrogen-bond acceptors (Lipinski definition) is 2. The summed E-state index contributed by atoms with van der Waals surface area (Å²) in [7, 11) is 0. The monoisotopic (exact) mass is 433 g/mol. The number of amides is 1. The first-order chi connectivity index (χ1) is 12.8. The first kappa shape index (κ1) is 17.9. The Bertz CT molecular complexity index is 1060. The van der Waals surface area contributed by atoms with Gasteiger partial charge in [0.2, 0.25) is 0 Å². The van der Waals surface area contributed by atoms with Crippen molar-refractivity contribution in [2.45, 2.75) is 19.0 Å². The fourth-order valence-corrected chi connectivity index (χ4v) is 3.98. The van der Waals surface area contributed by atoms with Crippen molar-refractivity contribution >= 4 is 27.1 Å². The quantitative estimate of drug-likeness (QED) is 0.629. The zero-order valence-electron chi connectivity index (χ0n) is 14.0. The molecule has 1 amide bonds. The predicted molar refractivity (Wildman–Crippen MR) is 98.1 cm³/mol. The molecule has 0 saturated carbocycles. The number of benzene rings is 2. The molecule has 0 saturated heterocycles. The van der Waals surface area contributed by atoms with E-state index in [0.29, 0.717) is 12.1 Å². The Morgan fingerprint density at radius 3 is 2.44 bits per heavy atom. The van der Waals surface area contributed by atoms with Gasteiger partial charge >= 0.3 is 161 Å². The number of carbonyl (C=O) groups is 1. The molecule has 3 aromatic rings. The van der Waals surface area contributed by atoms with Gasteiger partial charge in [-0.05, 0) is 0 Å². The second-order valence-corrected chi connectivity index (χ2v) is 7.81. The van der Waals surface area contributed by atoms with Gasteiger partial charge in [0.05, 0.1) is 0 Å². The second-order valence-electron chi connectivity index (χ2n) is 6.41. The molecule has 4 rings (SSSR count). The zero-order valence-corrected chi connectivity index (χ0v) is 16.5. The summed E-state index contributed by atoms with van der Waals surface area (Å²) in [6, 6.07) is 10.8. The van der Waals surface area contributed by atoms with Crippen molar-refractivity contribution in [3.63, 3.8) is 0 Å². The van der Waals surface area contributed by atoms with Crippen LogP contribution < -0.4 is 10.1 Å². The molecule has 0 bridgehead atoms. The maximum absolute atomic E-state index is 12.9. The number of hydrogen-bond donors (Lipinski definition) is 1. The van der Waals surface area contributed by atoms with Crippen molar-refractivity contribution in [3.05, 3.63) is 64.8 Å². The molecule has 8 heteroatoms. The van der Waals surface area contributed by atoms with Crippen molar-refractivity contribution in [3.8, 4) is 16.9 Å². The van der Waals surface area contributed by atoms with Crippen molar-refractivity contribution in [2.24, 2.45) is 5.73 Å². The van der Waals surface area contributed by atoms with Crippen molar-refractivity contribution in [1.82, 2.24) is 9.78 Å². The molecular weight excluding hydrogens is 418 g/mol. The number of halogens is 3. The van der Waals surface area contributed by atoms with E-state index in [0.717, 1.165) is 45.3 Å². The number of fused-ring (bicyclic) bond motifs is 3. The fraction of sp³-hybridized carbons (Fsp3) is 0.158. The Kier molecular flexibility index (Phi) is 4.15. The normalized spacial score (nSPS) is 13.2. The molecule has 4 nitrogen and oxygen atoms in total. The van der Waals surface area contributed by atoms with E-state index in [1.807, 2.05) is 18.2 Å². The molecule has 138 valence electrons. The number of aryl methyl sites for hydroxylation is 1. The van der Waals surface area contributed by atoms with Gasteiger partial charge < -0.3 is 0 Å². The van der Waals surface area contributed by atoms with Crippen LogP contribution in [0.4, 0.5) is 13.2 Å². The van der Waals surface area contributed by atoms with E-state index < -0.39 is 17.6 Å². The molecule has 1 unspecified atom stereocenters. The van der Waals surface area contributed by atoms with Crippen LogP contribution in [0, 0.1) is 0 Å². The van der Waals surface area contributed by atoms with E-state index in [1.54, 1.807) is 0 Å². The molecule has 1 atom stereocenters. The van der Waals surface area contributed by atoms with E-state index >= 15 is 0 Å². The molecule has 2 aromatic carbocycles. The summed E-state index contributed by atoms with van der Waals surface area (Å²) in [6.07, 6.45) is -3.05. The average Bonchev–Trinajstić information content (AvgIpc) is 3.01. The van der Waals surface area contributed by atoms with Gasteiger partial charge in [-0.2, -0.15) is 0 Å². The predicted octanol–water partition coefficient (Wildman–Crippen LogP) is 2.01. The van der Waals surface area contributed by atoms with Crippen molar-refractivity contribution in [1.29, 1.82) is 0 Å². The van der Waals surface area contributed by atoms with Gasteiger partial charge in [-0.3, -0.25) is 0 Å². The van der Waals surface area contributed by atoms with Crippen molar-refractivity contribution < 1.29 is 18.0 Å². The SMILES string of the molecule is NC(=O)c1nn(-c2ccc(C(F)(F)F)cc2)c2c1CCc1ccc([AsH2])cc1-2. The van der Waals surface area contributed by atoms with Crippen LogP contribution in [0.2, 0.25) is 0 Å². The van der Waals surface area contributed by atoms with E-state index in [2.05, 4.69) is 5.10 Å².